The van der Waals surface area contributed by atoms with Crippen LogP contribution in [0.4, 0.5) is 13.2 Å². The standard InChI is InChI=1S/C6H5F3O3P2S/c7-1-2(8)6(15(10,11)12)3(9)5(14)4(1)13/h13-14H2,(H,10,11,12). The molecule has 0 aromatic heterocycles. The second-order valence-electron chi connectivity index (χ2n) is 2.57. The van der Waals surface area contributed by atoms with Gasteiger partial charge in [0.05, 0.1) is 0 Å². The first-order chi connectivity index (χ1) is 6.68. The summed E-state index contributed by atoms with van der Waals surface area (Å²) in [5.74, 6) is -5.02. The highest BCUT2D eigenvalue weighted by Gasteiger charge is 2.28. The molecule has 9 heteroatoms. The summed E-state index contributed by atoms with van der Waals surface area (Å²) >= 11 is 0. The van der Waals surface area contributed by atoms with Crippen LogP contribution in [0.25, 0.3) is 0 Å². The van der Waals surface area contributed by atoms with E-state index in [0.29, 0.717) is 0 Å². The molecule has 3 nitrogen and oxygen atoms in total. The fraction of sp³-hybridized carbons (Fsp3) is 0. The normalized spacial score (nSPS) is 11.9. The van der Waals surface area contributed by atoms with Gasteiger partial charge in [0, 0.05) is 10.6 Å². The van der Waals surface area contributed by atoms with E-state index in [1.807, 2.05) is 0 Å². The van der Waals surface area contributed by atoms with Crippen molar-refractivity contribution in [2.24, 2.45) is 0 Å². The predicted molar refractivity (Wildman–Crippen MR) is 54.8 cm³/mol. The molecule has 84 valence electrons. The van der Waals surface area contributed by atoms with Crippen molar-refractivity contribution >= 4 is 39.2 Å². The monoisotopic (exact) mass is 276 g/mol. The highest BCUT2D eigenvalue weighted by molar-refractivity contribution is 7.85. The summed E-state index contributed by atoms with van der Waals surface area (Å²) in [7, 11) is -1.70. The lowest BCUT2D eigenvalue weighted by Gasteiger charge is -2.08. The Morgan fingerprint density at radius 1 is 0.933 bits per heavy atom. The molecule has 0 heterocycles. The molecule has 0 aliphatic carbocycles. The van der Waals surface area contributed by atoms with Crippen LogP contribution in [0.2, 0.25) is 0 Å². The van der Waals surface area contributed by atoms with E-state index in [0.717, 1.165) is 0 Å². The van der Waals surface area contributed by atoms with Gasteiger partial charge in [-0.3, -0.25) is 4.55 Å². The van der Waals surface area contributed by atoms with Crippen molar-refractivity contribution in [1.82, 2.24) is 0 Å². The van der Waals surface area contributed by atoms with Gasteiger partial charge in [-0.05, 0) is 0 Å². The molecular weight excluding hydrogens is 271 g/mol. The third-order valence-electron chi connectivity index (χ3n) is 1.61. The van der Waals surface area contributed by atoms with Crippen molar-refractivity contribution in [1.29, 1.82) is 0 Å². The maximum atomic E-state index is 13.2. The van der Waals surface area contributed by atoms with Crippen LogP contribution in [0.5, 0.6) is 0 Å². The van der Waals surface area contributed by atoms with Crippen LogP contribution in [0.1, 0.15) is 0 Å². The van der Waals surface area contributed by atoms with Crippen molar-refractivity contribution in [2.45, 2.75) is 4.90 Å². The Labute approximate surface area is 88.2 Å². The Balaban J connectivity index is 3.84. The summed E-state index contributed by atoms with van der Waals surface area (Å²) in [5, 5.41) is -0.936. The van der Waals surface area contributed by atoms with Gasteiger partial charge in [-0.2, -0.15) is 8.42 Å². The van der Waals surface area contributed by atoms with Crippen LogP contribution >= 0.6 is 18.5 Å². The lowest BCUT2D eigenvalue weighted by atomic mass is 10.3. The summed E-state index contributed by atoms with van der Waals surface area (Å²) < 4.78 is 68.9. The first kappa shape index (κ1) is 12.8. The molecule has 0 aliphatic rings. The molecule has 1 N–H and O–H groups in total. The third-order valence-corrected chi connectivity index (χ3v) is 3.95. The largest absolute Gasteiger partial charge is 0.300 e. The minimum Gasteiger partial charge on any atom is -0.282 e. The Bertz CT molecular complexity index is 500. The second-order valence-corrected chi connectivity index (χ2v) is 5.09. The van der Waals surface area contributed by atoms with E-state index in [9.17, 15) is 21.6 Å². The SMILES string of the molecule is O=S(=O)(O)c1c(F)c(F)c(P)c(P)c1F. The maximum absolute atomic E-state index is 13.2. The Morgan fingerprint density at radius 3 is 1.73 bits per heavy atom. The minimum absolute atomic E-state index is 0.456. The third kappa shape index (κ3) is 2.16. The molecule has 15 heavy (non-hydrogen) atoms. The lowest BCUT2D eigenvalue weighted by Crippen LogP contribution is -2.25. The van der Waals surface area contributed by atoms with Crippen LogP contribution in [-0.4, -0.2) is 13.0 Å². The maximum Gasteiger partial charge on any atom is 0.300 e. The zero-order valence-electron chi connectivity index (χ0n) is 6.96. The Morgan fingerprint density at radius 2 is 1.33 bits per heavy atom. The van der Waals surface area contributed by atoms with Crippen molar-refractivity contribution < 1.29 is 26.1 Å². The van der Waals surface area contributed by atoms with Gasteiger partial charge < -0.3 is 0 Å². The first-order valence-corrected chi connectivity index (χ1v) is 5.96. The molecule has 0 saturated carbocycles. The lowest BCUT2D eigenvalue weighted by molar-refractivity contribution is 0.437. The van der Waals surface area contributed by atoms with Gasteiger partial charge in [0.2, 0.25) is 0 Å². The number of hydrogen-bond donors (Lipinski definition) is 1. The average molecular weight is 276 g/mol. The molecule has 2 unspecified atom stereocenters. The van der Waals surface area contributed by atoms with Gasteiger partial charge in [0.1, 0.15) is 0 Å². The van der Waals surface area contributed by atoms with Gasteiger partial charge in [-0.1, -0.05) is 0 Å². The van der Waals surface area contributed by atoms with E-state index < -0.39 is 43.1 Å². The molecule has 0 saturated heterocycles. The topological polar surface area (TPSA) is 54.4 Å². The van der Waals surface area contributed by atoms with Crippen molar-refractivity contribution in [3.63, 3.8) is 0 Å². The minimum atomic E-state index is -5.14. The zero-order chi connectivity index (χ0) is 12.0. The van der Waals surface area contributed by atoms with E-state index in [1.165, 1.54) is 0 Å². The first-order valence-electron chi connectivity index (χ1n) is 3.36. The molecule has 0 bridgehead atoms. The van der Waals surface area contributed by atoms with Gasteiger partial charge in [0.15, 0.2) is 22.3 Å². The molecule has 1 rings (SSSR count). The second kappa shape index (κ2) is 3.98. The Hall–Kier alpha value is -0.220. The number of hydrogen-bond acceptors (Lipinski definition) is 2. The van der Waals surface area contributed by atoms with Gasteiger partial charge in [0.25, 0.3) is 0 Å². The highest BCUT2D eigenvalue weighted by Crippen LogP contribution is 2.20. The summed E-state index contributed by atoms with van der Waals surface area (Å²) in [6.07, 6.45) is 0. The summed E-state index contributed by atoms with van der Waals surface area (Å²) in [5.41, 5.74) is 0. The molecular formula is C6H5F3O3P2S. The highest BCUT2D eigenvalue weighted by atomic mass is 32.2. The van der Waals surface area contributed by atoms with Gasteiger partial charge in [-0.15, -0.1) is 18.5 Å². The van der Waals surface area contributed by atoms with Crippen molar-refractivity contribution in [3.8, 4) is 0 Å². The van der Waals surface area contributed by atoms with Crippen molar-refractivity contribution in [3.05, 3.63) is 17.5 Å². The average Bonchev–Trinajstić information content (AvgIpc) is 2.09. The van der Waals surface area contributed by atoms with Crippen LogP contribution < -0.4 is 10.6 Å². The molecule has 0 amide bonds. The van der Waals surface area contributed by atoms with Gasteiger partial charge >= 0.3 is 10.1 Å². The van der Waals surface area contributed by atoms with Gasteiger partial charge in [-0.25, -0.2) is 13.2 Å². The summed E-state index contributed by atoms with van der Waals surface area (Å²) in [4.78, 5) is -1.68. The number of benzene rings is 1. The van der Waals surface area contributed by atoms with Crippen molar-refractivity contribution in [2.75, 3.05) is 0 Å². The van der Waals surface area contributed by atoms with E-state index in [1.54, 1.807) is 18.5 Å². The predicted octanol–water partition coefficient (Wildman–Crippen LogP) is 0.351. The van der Waals surface area contributed by atoms with Crippen LogP contribution in [0.15, 0.2) is 4.90 Å². The van der Waals surface area contributed by atoms with Crippen LogP contribution in [0, 0.1) is 17.5 Å². The molecule has 1 aromatic carbocycles. The van der Waals surface area contributed by atoms with Crippen LogP contribution in [0.3, 0.4) is 0 Å². The number of rotatable bonds is 1. The smallest absolute Gasteiger partial charge is 0.282 e. The quantitative estimate of drug-likeness (QED) is 0.457. The molecule has 0 spiro atoms. The molecule has 0 fully saturated rings. The fourth-order valence-corrected chi connectivity index (χ4v) is 2.18. The summed E-state index contributed by atoms with van der Waals surface area (Å²) in [6.45, 7) is 0. The van der Waals surface area contributed by atoms with E-state index in [2.05, 4.69) is 0 Å². The van der Waals surface area contributed by atoms with Crippen LogP contribution in [-0.2, 0) is 10.1 Å². The van der Waals surface area contributed by atoms with E-state index >= 15 is 0 Å². The molecule has 0 radical (unpaired) electrons. The van der Waals surface area contributed by atoms with E-state index in [4.69, 9.17) is 4.55 Å². The molecule has 2 atom stereocenters. The molecule has 1 aromatic rings. The van der Waals surface area contributed by atoms with E-state index in [-0.39, 0.29) is 0 Å². The zero-order valence-corrected chi connectivity index (χ0v) is 10.1. The summed E-state index contributed by atoms with van der Waals surface area (Å²) in [6, 6.07) is 0. The Kier molecular flexibility index (Phi) is 3.41. The number of halogens is 3. The fourth-order valence-electron chi connectivity index (χ4n) is 0.900. The molecule has 0 aliphatic heterocycles.